The van der Waals surface area contributed by atoms with Crippen LogP contribution in [0.3, 0.4) is 0 Å². The van der Waals surface area contributed by atoms with Gasteiger partial charge in [-0.05, 0) is 54.3 Å². The molecule has 0 fully saturated rings. The van der Waals surface area contributed by atoms with Crippen LogP contribution in [0.4, 0.5) is 0 Å². The van der Waals surface area contributed by atoms with E-state index in [0.717, 1.165) is 0 Å². The van der Waals surface area contributed by atoms with Crippen molar-refractivity contribution >= 4 is 0 Å². The molecular formula is C28H3N. The molecule has 0 amide bonds. The van der Waals surface area contributed by atoms with Gasteiger partial charge in [0, 0.05) is 101 Å². The standard InChI is InChI=1S/C28H3N/c1-2-3-4-5-6-7-8-9-10-11-12-13-14-15-16-17-18-19-20-21-22-23-24-25-26-27-28-29/h1H3. The van der Waals surface area contributed by atoms with Gasteiger partial charge >= 0.3 is 0 Å². The molecule has 120 valence electrons. The molecule has 0 unspecified atom stereocenters. The quantitative estimate of drug-likeness (QED) is 0.585. The molecule has 0 saturated carbocycles. The second kappa shape index (κ2) is 21.8. The van der Waals surface area contributed by atoms with Crippen LogP contribution >= 0.6 is 0 Å². The van der Waals surface area contributed by atoms with Gasteiger partial charge in [0.1, 0.15) is 0 Å². The Morgan fingerprint density at radius 3 is 0.621 bits per heavy atom. The summed E-state index contributed by atoms with van der Waals surface area (Å²) in [7, 11) is 0. The van der Waals surface area contributed by atoms with Crippen LogP contribution in [0, 0.1) is 165 Å². The fraction of sp³-hybridized carbons (Fsp3) is 0.0357. The zero-order chi connectivity index (χ0) is 21.1. The second-order valence-corrected chi connectivity index (χ2v) is 3.49. The van der Waals surface area contributed by atoms with Crippen molar-refractivity contribution < 1.29 is 0 Å². The zero-order valence-electron chi connectivity index (χ0n) is 14.9. The third-order valence-electron chi connectivity index (χ3n) is 1.68. The number of rotatable bonds is 0. The lowest BCUT2D eigenvalue weighted by Crippen LogP contribution is -1.57. The monoisotopic (exact) mass is 353 g/mol. The highest BCUT2D eigenvalue weighted by atomic mass is 14.2. The fourth-order valence-corrected chi connectivity index (χ4v) is 0.809. The molecule has 1 heteroatoms. The summed E-state index contributed by atoms with van der Waals surface area (Å²) in [6, 6.07) is 1.63. The van der Waals surface area contributed by atoms with E-state index in [9.17, 15) is 0 Å². The van der Waals surface area contributed by atoms with Gasteiger partial charge in [0.2, 0.25) is 0 Å². The maximum Gasteiger partial charge on any atom is 0.153 e. The van der Waals surface area contributed by atoms with Gasteiger partial charge < -0.3 is 0 Å². The highest BCUT2D eigenvalue weighted by Crippen LogP contribution is 1.59. The Labute approximate surface area is 172 Å². The topological polar surface area (TPSA) is 23.8 Å². The Hall–Kier alpha value is -6.23. The Balaban J connectivity index is 4.45. The summed E-state index contributed by atoms with van der Waals surface area (Å²) in [4.78, 5) is 0. The lowest BCUT2D eigenvalue weighted by molar-refractivity contribution is 1.55. The maximum atomic E-state index is 8.14. The highest BCUT2D eigenvalue weighted by Gasteiger charge is 1.59. The van der Waals surface area contributed by atoms with Crippen molar-refractivity contribution in [1.82, 2.24) is 0 Å². The highest BCUT2D eigenvalue weighted by molar-refractivity contribution is 5.48. The van der Waals surface area contributed by atoms with E-state index < -0.39 is 0 Å². The van der Waals surface area contributed by atoms with Gasteiger partial charge in [-0.15, -0.1) is 0 Å². The second-order valence-electron chi connectivity index (χ2n) is 3.49. The molecule has 0 aromatic carbocycles. The molecule has 0 saturated heterocycles. The minimum Gasteiger partial charge on any atom is -0.183 e. The summed E-state index contributed by atoms with van der Waals surface area (Å²) in [6.45, 7) is 1.69. The van der Waals surface area contributed by atoms with E-state index in [1.807, 2.05) is 0 Å². The SMILES string of the molecule is CC#CC#CC#CC#CC#CC#CC#CC#CC#CC#CC#CC#CC#CC#N. The van der Waals surface area contributed by atoms with Gasteiger partial charge in [0.25, 0.3) is 0 Å². The molecule has 0 heterocycles. The van der Waals surface area contributed by atoms with Crippen molar-refractivity contribution in [3.8, 4) is 160 Å². The summed E-state index contributed by atoms with van der Waals surface area (Å²) in [5, 5.41) is 8.14. The molecule has 0 rings (SSSR count). The van der Waals surface area contributed by atoms with Crippen LogP contribution < -0.4 is 0 Å². The van der Waals surface area contributed by atoms with Crippen molar-refractivity contribution in [2.24, 2.45) is 0 Å². The molecule has 0 aromatic heterocycles. The van der Waals surface area contributed by atoms with Gasteiger partial charge in [-0.3, -0.25) is 0 Å². The third-order valence-corrected chi connectivity index (χ3v) is 1.68. The van der Waals surface area contributed by atoms with Crippen molar-refractivity contribution in [3.63, 3.8) is 0 Å². The van der Waals surface area contributed by atoms with Crippen molar-refractivity contribution in [2.45, 2.75) is 6.92 Å². The molecule has 1 nitrogen and oxygen atoms in total. The number of nitrogens with zero attached hydrogens (tertiary/aromatic N) is 1. The maximum absolute atomic E-state index is 8.14. The molecule has 0 aliphatic heterocycles. The van der Waals surface area contributed by atoms with Crippen LogP contribution in [0.1, 0.15) is 6.92 Å². The Bertz CT molecular complexity index is 1520. The van der Waals surface area contributed by atoms with Crippen molar-refractivity contribution in [1.29, 1.82) is 5.26 Å². The Morgan fingerprint density at radius 2 is 0.448 bits per heavy atom. The predicted molar refractivity (Wildman–Crippen MR) is 112 cm³/mol. The summed E-state index contributed by atoms with van der Waals surface area (Å²) < 4.78 is 0. The number of hydrogen-bond donors (Lipinski definition) is 0. The first-order valence-corrected chi connectivity index (χ1v) is 7.22. The molecule has 0 radical (unpaired) electrons. The van der Waals surface area contributed by atoms with Gasteiger partial charge in [0.15, 0.2) is 6.07 Å². The molecule has 0 bridgehead atoms. The largest absolute Gasteiger partial charge is 0.183 e. The molecule has 0 N–H and O–H groups in total. The van der Waals surface area contributed by atoms with Crippen molar-refractivity contribution in [2.75, 3.05) is 0 Å². The van der Waals surface area contributed by atoms with Gasteiger partial charge in [-0.2, -0.15) is 5.26 Å². The van der Waals surface area contributed by atoms with Crippen LogP contribution in [0.5, 0.6) is 0 Å². The first-order chi connectivity index (χ1) is 14.4. The molecule has 0 aliphatic carbocycles. The van der Waals surface area contributed by atoms with E-state index in [2.05, 4.69) is 154 Å². The average Bonchev–Trinajstić information content (AvgIpc) is 2.74. The van der Waals surface area contributed by atoms with Gasteiger partial charge in [-0.25, -0.2) is 0 Å². The molecule has 29 heavy (non-hydrogen) atoms. The third kappa shape index (κ3) is 21.8. The fourth-order valence-electron chi connectivity index (χ4n) is 0.809. The predicted octanol–water partition coefficient (Wildman–Crippen LogP) is 0.574. The molecule has 0 atom stereocenters. The minimum absolute atomic E-state index is 1.63. The minimum atomic E-state index is 1.63. The average molecular weight is 353 g/mol. The zero-order valence-corrected chi connectivity index (χ0v) is 14.9. The van der Waals surface area contributed by atoms with Crippen LogP contribution in [0.25, 0.3) is 0 Å². The summed E-state index contributed by atoms with van der Waals surface area (Å²) in [6.07, 6.45) is 0. The van der Waals surface area contributed by atoms with Crippen LogP contribution in [0.15, 0.2) is 0 Å². The lowest BCUT2D eigenvalue weighted by Gasteiger charge is -1.57. The van der Waals surface area contributed by atoms with E-state index in [4.69, 9.17) is 5.26 Å². The van der Waals surface area contributed by atoms with Crippen LogP contribution in [-0.2, 0) is 0 Å². The smallest absolute Gasteiger partial charge is 0.153 e. The molecule has 0 spiro atoms. The molecule has 0 aliphatic rings. The van der Waals surface area contributed by atoms with E-state index in [0.29, 0.717) is 0 Å². The van der Waals surface area contributed by atoms with Crippen LogP contribution in [-0.4, -0.2) is 0 Å². The van der Waals surface area contributed by atoms with Crippen LogP contribution in [0.2, 0.25) is 0 Å². The molecule has 0 aromatic rings. The van der Waals surface area contributed by atoms with Crippen molar-refractivity contribution in [3.05, 3.63) is 0 Å². The first kappa shape index (κ1) is 22.8. The van der Waals surface area contributed by atoms with Gasteiger partial charge in [0.05, 0.1) is 0 Å². The number of nitriles is 1. The van der Waals surface area contributed by atoms with E-state index in [-0.39, 0.29) is 0 Å². The van der Waals surface area contributed by atoms with E-state index >= 15 is 0 Å². The summed E-state index contributed by atoms with van der Waals surface area (Å²) in [5.41, 5.74) is 0. The van der Waals surface area contributed by atoms with E-state index in [1.165, 1.54) is 0 Å². The lowest BCUT2D eigenvalue weighted by atomic mass is 10.4. The van der Waals surface area contributed by atoms with Gasteiger partial charge in [-0.1, -0.05) is 5.92 Å². The summed E-state index contributed by atoms with van der Waals surface area (Å²) in [5.74, 6) is 64.0. The molecular weight excluding hydrogens is 350 g/mol. The van der Waals surface area contributed by atoms with E-state index in [1.54, 1.807) is 13.0 Å². The first-order valence-electron chi connectivity index (χ1n) is 7.22. The Kier molecular flexibility index (Phi) is 17.1. The summed E-state index contributed by atoms with van der Waals surface area (Å²) >= 11 is 0. The Morgan fingerprint density at radius 1 is 0.276 bits per heavy atom. The number of hydrogen-bond acceptors (Lipinski definition) is 1. The normalized spacial score (nSPS) is 3.86.